The van der Waals surface area contributed by atoms with Gasteiger partial charge >= 0.3 is 0 Å². The van der Waals surface area contributed by atoms with Crippen LogP contribution in [0.4, 0.5) is 0 Å². The van der Waals surface area contributed by atoms with Crippen molar-refractivity contribution >= 4 is 83.3 Å². The molecule has 4 nitrogen and oxygen atoms in total. The van der Waals surface area contributed by atoms with Crippen molar-refractivity contribution in [3.8, 4) is 34.2 Å². The molecule has 5 aromatic carbocycles. The Morgan fingerprint density at radius 3 is 1.33 bits per heavy atom. The first-order valence-corrected chi connectivity index (χ1v) is 14.8. The van der Waals surface area contributed by atoms with E-state index in [1.807, 2.05) is 60.7 Å². The molecule has 3 heterocycles. The van der Waals surface area contributed by atoms with Gasteiger partial charge in [-0.15, -0.1) is 0 Å². The SMILES string of the molecule is Ic1ccc2c(c1)c1cc(-c3nc(-c4ccccc4)nc(-c4ccccc4)n3)cc3c4cc(I)ccc4n2c13. The molecule has 0 aliphatic carbocycles. The predicted molar refractivity (Wildman–Crippen MR) is 176 cm³/mol. The zero-order chi connectivity index (χ0) is 26.1. The van der Waals surface area contributed by atoms with Gasteiger partial charge in [-0.05, 0) is 93.7 Å². The summed E-state index contributed by atoms with van der Waals surface area (Å²) in [5.41, 5.74) is 6.60. The molecule has 0 radical (unpaired) electrons. The normalized spacial score (nSPS) is 11.8. The van der Waals surface area contributed by atoms with E-state index in [1.165, 1.54) is 45.2 Å². The fraction of sp³-hybridized carbons (Fsp3) is 0. The maximum absolute atomic E-state index is 5.02. The van der Waals surface area contributed by atoms with Crippen LogP contribution in [0.15, 0.2) is 109 Å². The van der Waals surface area contributed by atoms with Gasteiger partial charge in [-0.1, -0.05) is 60.7 Å². The van der Waals surface area contributed by atoms with Crippen LogP contribution in [0, 0.1) is 7.14 Å². The Bertz CT molecular complexity index is 2040. The quantitative estimate of drug-likeness (QED) is 0.171. The monoisotopic (exact) mass is 724 g/mol. The van der Waals surface area contributed by atoms with Gasteiger partial charge in [0.05, 0.1) is 16.6 Å². The number of hydrogen-bond acceptors (Lipinski definition) is 3. The lowest BCUT2D eigenvalue weighted by Crippen LogP contribution is -2.00. The number of aromatic nitrogens is 4. The highest BCUT2D eigenvalue weighted by atomic mass is 127. The Labute approximate surface area is 251 Å². The van der Waals surface area contributed by atoms with Crippen LogP contribution in [0.2, 0.25) is 0 Å². The van der Waals surface area contributed by atoms with Crippen LogP contribution in [0.1, 0.15) is 0 Å². The van der Waals surface area contributed by atoms with Crippen molar-refractivity contribution in [2.24, 2.45) is 0 Å². The topological polar surface area (TPSA) is 43.1 Å². The van der Waals surface area contributed by atoms with Gasteiger partial charge in [0.15, 0.2) is 17.5 Å². The number of nitrogens with zero attached hydrogens (tertiary/aromatic N) is 4. The average Bonchev–Trinajstić information content (AvgIpc) is 3.48. The van der Waals surface area contributed by atoms with Gasteiger partial charge in [0, 0.05) is 45.4 Å². The van der Waals surface area contributed by atoms with E-state index in [1.54, 1.807) is 0 Å². The molecule has 3 aromatic heterocycles. The molecule has 0 N–H and O–H groups in total. The molecule has 8 aromatic rings. The average molecular weight is 724 g/mol. The zero-order valence-electron chi connectivity index (χ0n) is 20.4. The molecular weight excluding hydrogens is 706 g/mol. The van der Waals surface area contributed by atoms with E-state index < -0.39 is 0 Å². The lowest BCUT2D eigenvalue weighted by atomic mass is 10.0. The van der Waals surface area contributed by atoms with Crippen molar-refractivity contribution in [3.63, 3.8) is 0 Å². The summed E-state index contributed by atoms with van der Waals surface area (Å²) in [6.45, 7) is 0. The summed E-state index contributed by atoms with van der Waals surface area (Å²) in [7, 11) is 0. The largest absolute Gasteiger partial charge is 0.308 e. The van der Waals surface area contributed by atoms with Crippen LogP contribution in [0.25, 0.3) is 72.3 Å². The van der Waals surface area contributed by atoms with Gasteiger partial charge in [-0.3, -0.25) is 0 Å². The molecule has 184 valence electrons. The van der Waals surface area contributed by atoms with Crippen LogP contribution in [-0.2, 0) is 0 Å². The van der Waals surface area contributed by atoms with E-state index in [4.69, 9.17) is 15.0 Å². The van der Waals surface area contributed by atoms with E-state index in [9.17, 15) is 0 Å². The maximum Gasteiger partial charge on any atom is 0.164 e. The molecule has 39 heavy (non-hydrogen) atoms. The minimum absolute atomic E-state index is 0.669. The zero-order valence-corrected chi connectivity index (χ0v) is 24.8. The Balaban J connectivity index is 1.48. The molecule has 0 atom stereocenters. The second-order valence-corrected chi connectivity index (χ2v) is 12.1. The molecule has 0 bridgehead atoms. The number of fused-ring (bicyclic) bond motifs is 6. The fourth-order valence-electron chi connectivity index (χ4n) is 5.56. The van der Waals surface area contributed by atoms with E-state index in [0.29, 0.717) is 17.5 Å². The van der Waals surface area contributed by atoms with E-state index in [0.717, 1.165) is 16.7 Å². The first-order valence-electron chi connectivity index (χ1n) is 12.6. The minimum atomic E-state index is 0.669. The van der Waals surface area contributed by atoms with Gasteiger partial charge in [-0.2, -0.15) is 0 Å². The summed E-state index contributed by atoms with van der Waals surface area (Å²) in [6, 6.07) is 38.2. The van der Waals surface area contributed by atoms with Crippen LogP contribution >= 0.6 is 45.2 Å². The van der Waals surface area contributed by atoms with Crippen molar-refractivity contribution in [1.29, 1.82) is 0 Å². The molecule has 0 aliphatic heterocycles. The summed E-state index contributed by atoms with van der Waals surface area (Å²) in [5.74, 6) is 2.01. The van der Waals surface area contributed by atoms with Gasteiger partial charge in [0.25, 0.3) is 0 Å². The summed E-state index contributed by atoms with van der Waals surface area (Å²) < 4.78 is 4.84. The summed E-state index contributed by atoms with van der Waals surface area (Å²) in [4.78, 5) is 14.9. The van der Waals surface area contributed by atoms with E-state index in [2.05, 4.69) is 98.1 Å². The molecule has 8 rings (SSSR count). The molecule has 0 amide bonds. The molecule has 0 saturated carbocycles. The Morgan fingerprint density at radius 2 is 0.872 bits per heavy atom. The molecule has 0 aliphatic rings. The van der Waals surface area contributed by atoms with E-state index in [-0.39, 0.29) is 0 Å². The molecule has 0 unspecified atom stereocenters. The Morgan fingerprint density at radius 1 is 0.436 bits per heavy atom. The molecule has 0 saturated heterocycles. The van der Waals surface area contributed by atoms with Gasteiger partial charge in [0.1, 0.15) is 0 Å². The molecule has 6 heteroatoms. The smallest absolute Gasteiger partial charge is 0.164 e. The maximum atomic E-state index is 5.02. The predicted octanol–water partition coefficient (Wildman–Crippen LogP) is 9.23. The van der Waals surface area contributed by atoms with Crippen LogP contribution < -0.4 is 0 Å². The van der Waals surface area contributed by atoms with Gasteiger partial charge in [0.2, 0.25) is 0 Å². The highest BCUT2D eigenvalue weighted by Gasteiger charge is 2.21. The second kappa shape index (κ2) is 8.96. The van der Waals surface area contributed by atoms with Crippen LogP contribution in [-0.4, -0.2) is 19.4 Å². The molecular formula is C33H18I2N4. The van der Waals surface area contributed by atoms with Crippen molar-refractivity contribution in [2.45, 2.75) is 0 Å². The fourth-order valence-corrected chi connectivity index (χ4v) is 6.54. The Hall–Kier alpha value is -3.63. The highest BCUT2D eigenvalue weighted by molar-refractivity contribution is 14.1. The number of rotatable bonds is 3. The minimum Gasteiger partial charge on any atom is -0.308 e. The number of halogens is 2. The molecule has 0 spiro atoms. The van der Waals surface area contributed by atoms with Gasteiger partial charge < -0.3 is 4.40 Å². The third kappa shape index (κ3) is 3.72. The Kier molecular flexibility index (Phi) is 5.34. The van der Waals surface area contributed by atoms with Crippen LogP contribution in [0.3, 0.4) is 0 Å². The van der Waals surface area contributed by atoms with Crippen molar-refractivity contribution < 1.29 is 0 Å². The second-order valence-electron chi connectivity index (χ2n) is 9.62. The summed E-state index contributed by atoms with van der Waals surface area (Å²) in [5, 5.41) is 4.91. The number of benzene rings is 5. The van der Waals surface area contributed by atoms with Gasteiger partial charge in [-0.25, -0.2) is 15.0 Å². The third-order valence-electron chi connectivity index (χ3n) is 7.27. The van der Waals surface area contributed by atoms with Crippen molar-refractivity contribution in [2.75, 3.05) is 0 Å². The van der Waals surface area contributed by atoms with Crippen molar-refractivity contribution in [3.05, 3.63) is 116 Å². The first kappa shape index (κ1) is 23.3. The lowest BCUT2D eigenvalue weighted by molar-refractivity contribution is 1.07. The number of hydrogen-bond donors (Lipinski definition) is 0. The summed E-state index contributed by atoms with van der Waals surface area (Å²) >= 11 is 4.80. The van der Waals surface area contributed by atoms with E-state index >= 15 is 0 Å². The summed E-state index contributed by atoms with van der Waals surface area (Å²) in [6.07, 6.45) is 0. The molecule has 0 fully saturated rings. The third-order valence-corrected chi connectivity index (χ3v) is 8.61. The lowest BCUT2D eigenvalue weighted by Gasteiger charge is -2.09. The first-order chi connectivity index (χ1) is 19.1. The highest BCUT2D eigenvalue weighted by Crippen LogP contribution is 2.42. The standard InChI is InChI=1S/C33H18I2N4/c34-22-11-13-28-24(17-22)26-15-21(16-27-25-18-23(35)12-14-29(25)39(28)30(26)27)33-37-31(19-7-3-1-4-8-19)36-32(38-33)20-9-5-2-6-10-20/h1-18H. The van der Waals surface area contributed by atoms with Crippen molar-refractivity contribution in [1.82, 2.24) is 19.4 Å². The van der Waals surface area contributed by atoms with Crippen LogP contribution in [0.5, 0.6) is 0 Å².